The molecule has 0 aliphatic rings. The predicted octanol–water partition coefficient (Wildman–Crippen LogP) is 3.66. The van der Waals surface area contributed by atoms with Crippen LogP contribution in [0.25, 0.3) is 0 Å². The van der Waals surface area contributed by atoms with Crippen LogP contribution in [0.4, 0.5) is 0 Å². The molecule has 0 heterocycles. The summed E-state index contributed by atoms with van der Waals surface area (Å²) >= 11 is 5.86. The van der Waals surface area contributed by atoms with Crippen LogP contribution < -0.4 is 4.74 Å². The third-order valence-corrected chi connectivity index (χ3v) is 3.44. The largest absolute Gasteiger partial charge is 0.496 e. The van der Waals surface area contributed by atoms with Gasteiger partial charge in [0.1, 0.15) is 5.75 Å². The molecule has 0 spiro atoms. The van der Waals surface area contributed by atoms with Gasteiger partial charge in [-0.2, -0.15) is 0 Å². The molecule has 0 unspecified atom stereocenters. The third-order valence-electron chi connectivity index (χ3n) is 3.19. The Morgan fingerprint density at radius 2 is 1.81 bits per heavy atom. The quantitative estimate of drug-likeness (QED) is 0.763. The summed E-state index contributed by atoms with van der Waals surface area (Å²) in [4.78, 5) is 14.3. The van der Waals surface area contributed by atoms with Crippen LogP contribution in [0.2, 0.25) is 5.02 Å². The van der Waals surface area contributed by atoms with Crippen LogP contribution in [-0.2, 0) is 6.54 Å². The zero-order chi connectivity index (χ0) is 15.2. The van der Waals surface area contributed by atoms with Crippen molar-refractivity contribution in [2.75, 3.05) is 20.7 Å². The number of para-hydroxylation sites is 1. The highest BCUT2D eigenvalue weighted by Gasteiger charge is 2.13. The van der Waals surface area contributed by atoms with E-state index in [2.05, 4.69) is 0 Å². The maximum absolute atomic E-state index is 12.3. The zero-order valence-electron chi connectivity index (χ0n) is 12.2. The highest BCUT2D eigenvalue weighted by Crippen LogP contribution is 2.18. The van der Waals surface area contributed by atoms with Crippen molar-refractivity contribution < 1.29 is 9.53 Å². The van der Waals surface area contributed by atoms with Crippen LogP contribution in [0.1, 0.15) is 15.9 Å². The first kappa shape index (κ1) is 15.5. The van der Waals surface area contributed by atoms with E-state index in [4.69, 9.17) is 16.3 Å². The summed E-state index contributed by atoms with van der Waals surface area (Å²) in [6.45, 7) is 1.03. The average Bonchev–Trinajstić information content (AvgIpc) is 2.49. The Labute approximate surface area is 130 Å². The van der Waals surface area contributed by atoms with E-state index in [9.17, 15) is 4.79 Å². The number of carbonyl (C=O) groups excluding carboxylic acids is 1. The van der Waals surface area contributed by atoms with E-state index >= 15 is 0 Å². The summed E-state index contributed by atoms with van der Waals surface area (Å²) in [5.74, 6) is 0.659. The first-order valence-electron chi connectivity index (χ1n) is 6.69. The van der Waals surface area contributed by atoms with E-state index < -0.39 is 0 Å². The number of carbonyl (C=O) groups is 1. The molecule has 0 saturated carbocycles. The second-order valence-electron chi connectivity index (χ2n) is 4.92. The molecule has 21 heavy (non-hydrogen) atoms. The number of ether oxygens (including phenoxy) is 1. The lowest BCUT2D eigenvalue weighted by Gasteiger charge is -2.16. The lowest BCUT2D eigenvalue weighted by atomic mass is 10.1. The van der Waals surface area contributed by atoms with Gasteiger partial charge >= 0.3 is 0 Å². The summed E-state index contributed by atoms with van der Waals surface area (Å²) < 4.78 is 5.23. The molecule has 0 N–H and O–H groups in total. The minimum atomic E-state index is 0.0453. The molecular formula is C17H18ClNO2. The first-order chi connectivity index (χ1) is 10.1. The van der Waals surface area contributed by atoms with Crippen molar-refractivity contribution in [1.29, 1.82) is 0 Å². The number of halogens is 1. The predicted molar refractivity (Wildman–Crippen MR) is 85.1 cm³/mol. The van der Waals surface area contributed by atoms with E-state index in [1.165, 1.54) is 0 Å². The van der Waals surface area contributed by atoms with Gasteiger partial charge in [0.05, 0.1) is 19.2 Å². The summed E-state index contributed by atoms with van der Waals surface area (Å²) in [6, 6.07) is 14.9. The van der Waals surface area contributed by atoms with E-state index in [0.29, 0.717) is 29.4 Å². The van der Waals surface area contributed by atoms with Crippen LogP contribution in [-0.4, -0.2) is 31.4 Å². The monoisotopic (exact) mass is 303 g/mol. The minimum Gasteiger partial charge on any atom is -0.496 e. The second kappa shape index (κ2) is 7.25. The fourth-order valence-corrected chi connectivity index (χ4v) is 2.29. The van der Waals surface area contributed by atoms with Gasteiger partial charge in [-0.1, -0.05) is 35.9 Å². The Kier molecular flexibility index (Phi) is 5.37. The van der Waals surface area contributed by atoms with E-state index in [1.807, 2.05) is 48.3 Å². The number of Topliss-reactive ketones (excluding diaryl/α,β-unsaturated/α-hetero) is 1. The molecule has 0 aromatic heterocycles. The van der Waals surface area contributed by atoms with E-state index in [-0.39, 0.29) is 5.78 Å². The molecule has 0 atom stereocenters. The van der Waals surface area contributed by atoms with Crippen molar-refractivity contribution in [3.8, 4) is 5.75 Å². The van der Waals surface area contributed by atoms with Crippen molar-refractivity contribution in [2.45, 2.75) is 6.54 Å². The highest BCUT2D eigenvalue weighted by molar-refractivity contribution is 6.30. The molecule has 2 aromatic carbocycles. The Hall–Kier alpha value is -1.84. The number of likely N-dealkylation sites (N-methyl/N-ethyl adjacent to an activating group) is 1. The number of rotatable bonds is 6. The van der Waals surface area contributed by atoms with Gasteiger partial charge in [-0.3, -0.25) is 9.69 Å². The molecule has 0 fully saturated rings. The lowest BCUT2D eigenvalue weighted by Crippen LogP contribution is -2.25. The molecule has 0 bridgehead atoms. The molecule has 0 amide bonds. The molecular weight excluding hydrogens is 286 g/mol. The summed E-state index contributed by atoms with van der Waals surface area (Å²) in [5.41, 5.74) is 1.73. The molecule has 4 heteroatoms. The van der Waals surface area contributed by atoms with E-state index in [0.717, 1.165) is 5.56 Å². The lowest BCUT2D eigenvalue weighted by molar-refractivity contribution is 0.0940. The molecule has 0 aliphatic carbocycles. The van der Waals surface area contributed by atoms with Gasteiger partial charge in [-0.15, -0.1) is 0 Å². The van der Waals surface area contributed by atoms with Crippen LogP contribution in [0.3, 0.4) is 0 Å². The molecule has 110 valence electrons. The SMILES string of the molecule is COc1ccccc1C(=O)CN(C)Cc1ccc(Cl)cc1. The van der Waals surface area contributed by atoms with Crippen LogP contribution >= 0.6 is 11.6 Å². The topological polar surface area (TPSA) is 29.5 Å². The smallest absolute Gasteiger partial charge is 0.180 e. The maximum Gasteiger partial charge on any atom is 0.180 e. The summed E-state index contributed by atoms with van der Waals surface area (Å²) in [6.07, 6.45) is 0. The van der Waals surface area contributed by atoms with Crippen LogP contribution in [0.15, 0.2) is 48.5 Å². The Balaban J connectivity index is 2.00. The zero-order valence-corrected chi connectivity index (χ0v) is 12.9. The molecule has 3 nitrogen and oxygen atoms in total. The number of ketones is 1. The second-order valence-corrected chi connectivity index (χ2v) is 5.36. The standard InChI is InChI=1S/C17H18ClNO2/c1-19(11-13-7-9-14(18)10-8-13)12-16(20)15-5-3-4-6-17(15)21-2/h3-10H,11-12H2,1-2H3. The van der Waals surface area contributed by atoms with E-state index in [1.54, 1.807) is 19.2 Å². The van der Waals surface area contributed by atoms with Gasteiger partial charge in [-0.25, -0.2) is 0 Å². The van der Waals surface area contributed by atoms with Crippen molar-refractivity contribution in [3.63, 3.8) is 0 Å². The first-order valence-corrected chi connectivity index (χ1v) is 7.07. The van der Waals surface area contributed by atoms with Gasteiger partial charge in [0.15, 0.2) is 5.78 Å². The maximum atomic E-state index is 12.3. The van der Waals surface area contributed by atoms with Crippen molar-refractivity contribution in [3.05, 3.63) is 64.7 Å². The van der Waals surface area contributed by atoms with Crippen LogP contribution in [0, 0.1) is 0 Å². The Morgan fingerprint density at radius 3 is 2.48 bits per heavy atom. The van der Waals surface area contributed by atoms with Crippen LogP contribution in [0.5, 0.6) is 5.75 Å². The van der Waals surface area contributed by atoms with Gasteiger partial charge in [0.2, 0.25) is 0 Å². The molecule has 0 aliphatic heterocycles. The molecule has 2 rings (SSSR count). The van der Waals surface area contributed by atoms with Crippen molar-refractivity contribution in [1.82, 2.24) is 4.90 Å². The number of benzene rings is 2. The van der Waals surface area contributed by atoms with Crippen molar-refractivity contribution >= 4 is 17.4 Å². The van der Waals surface area contributed by atoms with Gasteiger partial charge < -0.3 is 4.74 Å². The minimum absolute atomic E-state index is 0.0453. The number of nitrogens with zero attached hydrogens (tertiary/aromatic N) is 1. The average molecular weight is 304 g/mol. The number of hydrogen-bond acceptors (Lipinski definition) is 3. The fraction of sp³-hybridized carbons (Fsp3) is 0.235. The fourth-order valence-electron chi connectivity index (χ4n) is 2.16. The Bertz CT molecular complexity index is 610. The highest BCUT2D eigenvalue weighted by atomic mass is 35.5. The van der Waals surface area contributed by atoms with Crippen molar-refractivity contribution in [2.24, 2.45) is 0 Å². The normalized spacial score (nSPS) is 10.7. The molecule has 0 radical (unpaired) electrons. The summed E-state index contributed by atoms with van der Waals surface area (Å²) in [7, 11) is 3.49. The molecule has 2 aromatic rings. The van der Waals surface area contributed by atoms with Gasteiger partial charge in [-0.05, 0) is 36.9 Å². The summed E-state index contributed by atoms with van der Waals surface area (Å²) in [5, 5.41) is 0.714. The number of methoxy groups -OCH3 is 1. The third kappa shape index (κ3) is 4.31. The van der Waals surface area contributed by atoms with Gasteiger partial charge in [0, 0.05) is 11.6 Å². The number of hydrogen-bond donors (Lipinski definition) is 0. The van der Waals surface area contributed by atoms with Gasteiger partial charge in [0.25, 0.3) is 0 Å². The molecule has 0 saturated heterocycles. The Morgan fingerprint density at radius 1 is 1.14 bits per heavy atom.